The van der Waals surface area contributed by atoms with Gasteiger partial charge in [0.1, 0.15) is 0 Å². The van der Waals surface area contributed by atoms with Gasteiger partial charge in [0.05, 0.1) is 12.8 Å². The summed E-state index contributed by atoms with van der Waals surface area (Å²) in [6.45, 7) is 1.40. The Kier molecular flexibility index (Phi) is 4.93. The molecule has 0 saturated carbocycles. The molecule has 1 unspecified atom stereocenters. The zero-order chi connectivity index (χ0) is 10.4. The van der Waals surface area contributed by atoms with Crippen molar-refractivity contribution in [3.8, 4) is 0 Å². The number of hydrogen-bond acceptors (Lipinski definition) is 3. The van der Waals surface area contributed by atoms with Crippen LogP contribution in [0.1, 0.15) is 5.56 Å². The second kappa shape index (κ2) is 6.01. The van der Waals surface area contributed by atoms with E-state index in [1.165, 1.54) is 0 Å². The molecule has 0 aliphatic carbocycles. The molecular formula is C9H16ClN3O. The first-order chi connectivity index (χ1) is 6.76. The van der Waals surface area contributed by atoms with Crippen LogP contribution in [0, 0.1) is 0 Å². The third kappa shape index (κ3) is 3.65. The number of ether oxygens (including phenoxy) is 1. The topological polar surface area (TPSA) is 39.1 Å². The van der Waals surface area contributed by atoms with E-state index in [1.54, 1.807) is 11.8 Å². The fourth-order valence-electron chi connectivity index (χ4n) is 1.18. The highest BCUT2D eigenvalue weighted by atomic mass is 35.5. The van der Waals surface area contributed by atoms with Gasteiger partial charge in [-0.25, -0.2) is 0 Å². The summed E-state index contributed by atoms with van der Waals surface area (Å²) >= 11 is 5.75. The molecule has 0 radical (unpaired) electrons. The summed E-state index contributed by atoms with van der Waals surface area (Å²) in [6.07, 6.45) is 3.82. The first-order valence-electron chi connectivity index (χ1n) is 4.52. The third-order valence-corrected chi connectivity index (χ3v) is 2.28. The summed E-state index contributed by atoms with van der Waals surface area (Å²) < 4.78 is 6.80. The van der Waals surface area contributed by atoms with Gasteiger partial charge >= 0.3 is 0 Å². The molecule has 4 nitrogen and oxygen atoms in total. The van der Waals surface area contributed by atoms with Crippen LogP contribution in [0.4, 0.5) is 0 Å². The highest BCUT2D eigenvalue weighted by Crippen LogP contribution is 1.97. The average molecular weight is 218 g/mol. The van der Waals surface area contributed by atoms with Crippen molar-refractivity contribution >= 4 is 11.6 Å². The van der Waals surface area contributed by atoms with Gasteiger partial charge in [-0.05, 0) is 0 Å². The summed E-state index contributed by atoms with van der Waals surface area (Å²) in [6, 6.07) is 0.196. The van der Waals surface area contributed by atoms with Crippen LogP contribution < -0.4 is 5.32 Å². The van der Waals surface area contributed by atoms with Crippen LogP contribution >= 0.6 is 11.6 Å². The Morgan fingerprint density at radius 3 is 3.00 bits per heavy atom. The van der Waals surface area contributed by atoms with Crippen molar-refractivity contribution < 1.29 is 4.74 Å². The summed E-state index contributed by atoms with van der Waals surface area (Å²) in [5.74, 6) is 0.550. The van der Waals surface area contributed by atoms with Crippen molar-refractivity contribution in [2.24, 2.45) is 7.05 Å². The van der Waals surface area contributed by atoms with E-state index in [0.29, 0.717) is 12.5 Å². The van der Waals surface area contributed by atoms with Gasteiger partial charge in [0.2, 0.25) is 0 Å². The predicted octanol–water partition coefficient (Wildman–Crippen LogP) is 0.763. The normalized spacial score (nSPS) is 13.1. The first kappa shape index (κ1) is 11.5. The smallest absolute Gasteiger partial charge is 0.0627 e. The summed E-state index contributed by atoms with van der Waals surface area (Å²) in [7, 11) is 3.57. The third-order valence-electron chi connectivity index (χ3n) is 1.91. The van der Waals surface area contributed by atoms with E-state index < -0.39 is 0 Å². The maximum Gasteiger partial charge on any atom is 0.0627 e. The maximum absolute atomic E-state index is 5.75. The van der Waals surface area contributed by atoms with Crippen LogP contribution in [0.15, 0.2) is 12.4 Å². The molecule has 1 rings (SSSR count). The van der Waals surface area contributed by atoms with Crippen LogP contribution in [0.2, 0.25) is 0 Å². The number of nitrogens with zero attached hydrogens (tertiary/aromatic N) is 2. The van der Waals surface area contributed by atoms with Crippen molar-refractivity contribution in [3.63, 3.8) is 0 Å². The molecule has 14 heavy (non-hydrogen) atoms. The molecule has 1 atom stereocenters. The van der Waals surface area contributed by atoms with E-state index in [9.17, 15) is 0 Å². The van der Waals surface area contributed by atoms with Gasteiger partial charge < -0.3 is 10.1 Å². The van der Waals surface area contributed by atoms with Gasteiger partial charge in [0, 0.05) is 44.4 Å². The lowest BCUT2D eigenvalue weighted by Crippen LogP contribution is -2.34. The fraction of sp³-hybridized carbons (Fsp3) is 0.667. The monoisotopic (exact) mass is 217 g/mol. The van der Waals surface area contributed by atoms with Crippen molar-refractivity contribution in [2.75, 3.05) is 19.6 Å². The second-order valence-electron chi connectivity index (χ2n) is 3.21. The Labute approximate surface area is 89.2 Å². The Morgan fingerprint density at radius 1 is 1.71 bits per heavy atom. The molecular weight excluding hydrogens is 202 g/mol. The minimum absolute atomic E-state index is 0.196. The van der Waals surface area contributed by atoms with Crippen molar-refractivity contribution in [1.29, 1.82) is 0 Å². The molecule has 0 aliphatic heterocycles. The molecule has 0 amide bonds. The summed E-state index contributed by atoms with van der Waals surface area (Å²) in [5.41, 5.74) is 1.15. The van der Waals surface area contributed by atoms with Crippen LogP contribution in [0.25, 0.3) is 0 Å². The van der Waals surface area contributed by atoms with Gasteiger partial charge in [-0.3, -0.25) is 4.68 Å². The Morgan fingerprint density at radius 2 is 2.50 bits per heavy atom. The molecule has 0 fully saturated rings. The molecule has 0 aromatic carbocycles. The van der Waals surface area contributed by atoms with Gasteiger partial charge in [-0.2, -0.15) is 5.10 Å². The molecule has 5 heteroatoms. The lowest BCUT2D eigenvalue weighted by Gasteiger charge is -2.13. The van der Waals surface area contributed by atoms with Crippen molar-refractivity contribution in [2.45, 2.75) is 12.6 Å². The quantitative estimate of drug-likeness (QED) is 0.716. The highest BCUT2D eigenvalue weighted by molar-refractivity contribution is 6.18. The Balaban J connectivity index is 2.31. The second-order valence-corrected chi connectivity index (χ2v) is 3.52. The van der Waals surface area contributed by atoms with E-state index in [2.05, 4.69) is 10.4 Å². The van der Waals surface area contributed by atoms with Crippen LogP contribution in [-0.2, 0) is 18.3 Å². The number of alkyl halides is 1. The fourth-order valence-corrected chi connectivity index (χ4v) is 1.38. The minimum Gasteiger partial charge on any atom is -0.383 e. The molecule has 0 saturated heterocycles. The van der Waals surface area contributed by atoms with Gasteiger partial charge in [0.15, 0.2) is 0 Å². The molecule has 0 spiro atoms. The number of halogens is 1. The number of nitrogens with one attached hydrogen (secondary N) is 1. The largest absolute Gasteiger partial charge is 0.383 e. The van der Waals surface area contributed by atoms with E-state index in [1.807, 2.05) is 19.4 Å². The molecule has 1 heterocycles. The number of rotatable bonds is 6. The number of methoxy groups -OCH3 is 1. The molecule has 0 aliphatic rings. The van der Waals surface area contributed by atoms with Gasteiger partial charge in [-0.15, -0.1) is 11.6 Å². The van der Waals surface area contributed by atoms with E-state index >= 15 is 0 Å². The highest BCUT2D eigenvalue weighted by Gasteiger charge is 2.06. The standard InChI is InChI=1S/C9H16ClN3O/c1-13-6-8(5-12-13)4-11-9(3-10)7-14-2/h5-6,9,11H,3-4,7H2,1-2H3. The van der Waals surface area contributed by atoms with Crippen molar-refractivity contribution in [1.82, 2.24) is 15.1 Å². The van der Waals surface area contributed by atoms with Gasteiger partial charge in [-0.1, -0.05) is 0 Å². The van der Waals surface area contributed by atoms with Crippen LogP contribution in [0.3, 0.4) is 0 Å². The number of aromatic nitrogens is 2. The zero-order valence-electron chi connectivity index (χ0n) is 8.53. The predicted molar refractivity (Wildman–Crippen MR) is 56.4 cm³/mol. The minimum atomic E-state index is 0.196. The average Bonchev–Trinajstić information content (AvgIpc) is 2.59. The number of aryl methyl sites for hydroxylation is 1. The summed E-state index contributed by atoms with van der Waals surface area (Å²) in [5, 5.41) is 7.37. The lowest BCUT2D eigenvalue weighted by molar-refractivity contribution is 0.172. The molecule has 80 valence electrons. The molecule has 1 aromatic heterocycles. The first-order valence-corrected chi connectivity index (χ1v) is 5.05. The lowest BCUT2D eigenvalue weighted by atomic mass is 10.3. The summed E-state index contributed by atoms with van der Waals surface area (Å²) in [4.78, 5) is 0. The Bertz CT molecular complexity index is 264. The SMILES string of the molecule is COCC(CCl)NCc1cnn(C)c1. The van der Waals surface area contributed by atoms with Crippen LogP contribution in [-0.4, -0.2) is 35.4 Å². The molecule has 0 bridgehead atoms. The molecule has 1 aromatic rings. The maximum atomic E-state index is 5.75. The zero-order valence-corrected chi connectivity index (χ0v) is 9.29. The van der Waals surface area contributed by atoms with Crippen molar-refractivity contribution in [3.05, 3.63) is 18.0 Å². The van der Waals surface area contributed by atoms with E-state index in [4.69, 9.17) is 16.3 Å². The van der Waals surface area contributed by atoms with E-state index in [-0.39, 0.29) is 6.04 Å². The van der Waals surface area contributed by atoms with E-state index in [0.717, 1.165) is 12.1 Å². The van der Waals surface area contributed by atoms with Crippen LogP contribution in [0.5, 0.6) is 0 Å². The number of hydrogen-bond donors (Lipinski definition) is 1. The van der Waals surface area contributed by atoms with Gasteiger partial charge in [0.25, 0.3) is 0 Å². The Hall–Kier alpha value is -0.580. The molecule has 1 N–H and O–H groups in total.